The minimum absolute atomic E-state index is 0.0286. The lowest BCUT2D eigenvalue weighted by molar-refractivity contribution is 0.278. The molecule has 0 aliphatic heterocycles. The number of halogens is 1. The molecule has 1 aromatic heterocycles. The number of hydrogen-bond acceptors (Lipinski definition) is 3. The predicted octanol–water partition coefficient (Wildman–Crippen LogP) is 4.30. The van der Waals surface area contributed by atoms with Crippen molar-refractivity contribution in [3.8, 4) is 17.4 Å². The van der Waals surface area contributed by atoms with Crippen LogP contribution in [0.15, 0.2) is 45.3 Å². The fourth-order valence-corrected chi connectivity index (χ4v) is 2.34. The third-order valence-corrected chi connectivity index (χ3v) is 3.55. The second kappa shape index (κ2) is 6.74. The third kappa shape index (κ3) is 3.96. The zero-order valence-corrected chi connectivity index (χ0v) is 13.2. The first-order valence-electron chi connectivity index (χ1n) is 6.51. The summed E-state index contributed by atoms with van der Waals surface area (Å²) in [5, 5.41) is 8.82. The molecule has 4 heteroatoms. The molecule has 0 unspecified atom stereocenters. The summed E-state index contributed by atoms with van der Waals surface area (Å²) in [6.45, 7) is 3.37. The molecule has 0 amide bonds. The maximum Gasteiger partial charge on any atom is 0.134 e. The second-order valence-corrected chi connectivity index (χ2v) is 5.92. The van der Waals surface area contributed by atoms with E-state index in [9.17, 15) is 0 Å². The highest BCUT2D eigenvalue weighted by molar-refractivity contribution is 9.10. The van der Waals surface area contributed by atoms with E-state index in [1.165, 1.54) is 0 Å². The first kappa shape index (κ1) is 14.8. The molecule has 0 N–H and O–H groups in total. The summed E-state index contributed by atoms with van der Waals surface area (Å²) in [4.78, 5) is 2.10. The molecule has 0 fully saturated rings. The molecular formula is C16H17BrN2O. The van der Waals surface area contributed by atoms with Crippen LogP contribution in [0.3, 0.4) is 0 Å². The van der Waals surface area contributed by atoms with Crippen molar-refractivity contribution < 1.29 is 4.42 Å². The van der Waals surface area contributed by atoms with Crippen molar-refractivity contribution in [1.82, 2.24) is 4.90 Å². The summed E-state index contributed by atoms with van der Waals surface area (Å²) in [5.74, 6) is 1.81. The van der Waals surface area contributed by atoms with Gasteiger partial charge < -0.3 is 4.42 Å². The number of hydrogen-bond donors (Lipinski definition) is 0. The van der Waals surface area contributed by atoms with Crippen LogP contribution in [0.2, 0.25) is 0 Å². The van der Waals surface area contributed by atoms with Crippen LogP contribution in [0.1, 0.15) is 12.7 Å². The van der Waals surface area contributed by atoms with E-state index >= 15 is 0 Å². The number of benzene rings is 1. The van der Waals surface area contributed by atoms with Crippen molar-refractivity contribution in [2.24, 2.45) is 5.92 Å². The Morgan fingerprint density at radius 3 is 2.60 bits per heavy atom. The van der Waals surface area contributed by atoms with Crippen molar-refractivity contribution in [2.75, 3.05) is 13.6 Å². The SMILES string of the molecule is C[C@@H](C#N)CN(C)Cc1ccc(-c2ccc(Br)cc2)o1. The highest BCUT2D eigenvalue weighted by atomic mass is 79.9. The molecule has 1 atom stereocenters. The van der Waals surface area contributed by atoms with Crippen LogP contribution in [-0.4, -0.2) is 18.5 Å². The molecule has 0 saturated carbocycles. The van der Waals surface area contributed by atoms with Gasteiger partial charge in [0.25, 0.3) is 0 Å². The van der Waals surface area contributed by atoms with Gasteiger partial charge in [-0.2, -0.15) is 5.26 Å². The predicted molar refractivity (Wildman–Crippen MR) is 83.0 cm³/mol. The van der Waals surface area contributed by atoms with E-state index in [-0.39, 0.29) is 5.92 Å². The number of nitrogens with zero attached hydrogens (tertiary/aromatic N) is 2. The maximum atomic E-state index is 8.82. The summed E-state index contributed by atoms with van der Waals surface area (Å²) in [6, 6.07) is 14.3. The Balaban J connectivity index is 2.02. The van der Waals surface area contributed by atoms with Crippen LogP contribution >= 0.6 is 15.9 Å². The van der Waals surface area contributed by atoms with E-state index in [4.69, 9.17) is 9.68 Å². The molecule has 2 rings (SSSR count). The molecule has 1 aromatic carbocycles. The Labute approximate surface area is 127 Å². The topological polar surface area (TPSA) is 40.2 Å². The minimum atomic E-state index is 0.0286. The van der Waals surface area contributed by atoms with E-state index in [0.29, 0.717) is 6.54 Å². The van der Waals surface area contributed by atoms with E-state index in [0.717, 1.165) is 28.1 Å². The van der Waals surface area contributed by atoms with Crippen LogP contribution < -0.4 is 0 Å². The molecule has 0 radical (unpaired) electrons. The Kier molecular flexibility index (Phi) is 4.99. The summed E-state index contributed by atoms with van der Waals surface area (Å²) in [6.07, 6.45) is 0. The second-order valence-electron chi connectivity index (χ2n) is 5.00. The van der Waals surface area contributed by atoms with Crippen molar-refractivity contribution >= 4 is 15.9 Å². The fraction of sp³-hybridized carbons (Fsp3) is 0.312. The zero-order valence-electron chi connectivity index (χ0n) is 11.6. The molecule has 104 valence electrons. The number of furan rings is 1. The lowest BCUT2D eigenvalue weighted by atomic mass is 10.2. The molecule has 1 heterocycles. The van der Waals surface area contributed by atoms with E-state index in [2.05, 4.69) is 26.9 Å². The third-order valence-electron chi connectivity index (χ3n) is 3.02. The molecule has 20 heavy (non-hydrogen) atoms. The first-order valence-corrected chi connectivity index (χ1v) is 7.30. The van der Waals surface area contributed by atoms with E-state index < -0.39 is 0 Å². The lowest BCUT2D eigenvalue weighted by Gasteiger charge is -2.15. The van der Waals surface area contributed by atoms with Gasteiger partial charge in [-0.3, -0.25) is 4.90 Å². The van der Waals surface area contributed by atoms with Gasteiger partial charge in [0, 0.05) is 16.6 Å². The van der Waals surface area contributed by atoms with Crippen molar-refractivity contribution in [3.63, 3.8) is 0 Å². The number of nitriles is 1. The fourth-order valence-electron chi connectivity index (χ4n) is 2.07. The van der Waals surface area contributed by atoms with Crippen LogP contribution in [0, 0.1) is 17.2 Å². The smallest absolute Gasteiger partial charge is 0.134 e. The van der Waals surface area contributed by atoms with Gasteiger partial charge in [0.1, 0.15) is 11.5 Å². The summed E-state index contributed by atoms with van der Waals surface area (Å²) in [5.41, 5.74) is 1.06. The van der Waals surface area contributed by atoms with E-state index in [1.54, 1.807) is 0 Å². The van der Waals surface area contributed by atoms with Gasteiger partial charge >= 0.3 is 0 Å². The zero-order chi connectivity index (χ0) is 14.5. The quantitative estimate of drug-likeness (QED) is 0.819. The molecular weight excluding hydrogens is 316 g/mol. The van der Waals surface area contributed by atoms with Gasteiger partial charge in [-0.25, -0.2) is 0 Å². The van der Waals surface area contributed by atoms with Gasteiger partial charge in [0.2, 0.25) is 0 Å². The largest absolute Gasteiger partial charge is 0.460 e. The molecule has 2 aromatic rings. The molecule has 0 spiro atoms. The normalized spacial score (nSPS) is 12.3. The Bertz CT molecular complexity index is 598. The van der Waals surface area contributed by atoms with Gasteiger partial charge in [-0.05, 0) is 38.2 Å². The Morgan fingerprint density at radius 1 is 1.25 bits per heavy atom. The van der Waals surface area contributed by atoms with E-state index in [1.807, 2.05) is 50.4 Å². The molecule has 0 aliphatic carbocycles. The van der Waals surface area contributed by atoms with Gasteiger partial charge in [-0.15, -0.1) is 0 Å². The number of rotatable bonds is 5. The van der Waals surface area contributed by atoms with Gasteiger partial charge in [0.05, 0.1) is 18.5 Å². The summed E-state index contributed by atoms with van der Waals surface area (Å²) in [7, 11) is 2.00. The maximum absolute atomic E-state index is 8.82. The Morgan fingerprint density at radius 2 is 1.95 bits per heavy atom. The van der Waals surface area contributed by atoms with Crippen LogP contribution in [-0.2, 0) is 6.54 Å². The lowest BCUT2D eigenvalue weighted by Crippen LogP contribution is -2.23. The molecule has 0 saturated heterocycles. The summed E-state index contributed by atoms with van der Waals surface area (Å²) >= 11 is 3.42. The first-order chi connectivity index (χ1) is 9.58. The van der Waals surface area contributed by atoms with Crippen molar-refractivity contribution in [3.05, 3.63) is 46.6 Å². The van der Waals surface area contributed by atoms with Crippen molar-refractivity contribution in [1.29, 1.82) is 5.26 Å². The standard InChI is InChI=1S/C16H17BrN2O/c1-12(9-18)10-19(2)11-15-7-8-16(20-15)13-3-5-14(17)6-4-13/h3-8,12H,10-11H2,1-2H3/t12-/m0/s1. The molecule has 3 nitrogen and oxygen atoms in total. The average molecular weight is 333 g/mol. The van der Waals surface area contributed by atoms with Gasteiger partial charge in [-0.1, -0.05) is 28.1 Å². The molecule has 0 aliphatic rings. The van der Waals surface area contributed by atoms with Gasteiger partial charge in [0.15, 0.2) is 0 Å². The minimum Gasteiger partial charge on any atom is -0.460 e. The van der Waals surface area contributed by atoms with Crippen molar-refractivity contribution in [2.45, 2.75) is 13.5 Å². The highest BCUT2D eigenvalue weighted by Crippen LogP contribution is 2.24. The molecule has 0 bridgehead atoms. The Hall–Kier alpha value is -1.57. The summed E-state index contributed by atoms with van der Waals surface area (Å²) < 4.78 is 6.91. The average Bonchev–Trinajstić information content (AvgIpc) is 2.87. The highest BCUT2D eigenvalue weighted by Gasteiger charge is 2.09. The monoisotopic (exact) mass is 332 g/mol. The van der Waals surface area contributed by atoms with Crippen LogP contribution in [0.4, 0.5) is 0 Å². The van der Waals surface area contributed by atoms with Crippen LogP contribution in [0.25, 0.3) is 11.3 Å². The van der Waals surface area contributed by atoms with Crippen LogP contribution in [0.5, 0.6) is 0 Å².